The quantitative estimate of drug-likeness (QED) is 0.888. The zero-order valence-corrected chi connectivity index (χ0v) is 12.3. The highest BCUT2D eigenvalue weighted by atomic mass is 16.2. The fourth-order valence-corrected chi connectivity index (χ4v) is 3.04. The van der Waals surface area contributed by atoms with E-state index in [9.17, 15) is 9.59 Å². The molecule has 0 bridgehead atoms. The van der Waals surface area contributed by atoms with Gasteiger partial charge in [-0.3, -0.25) is 9.59 Å². The Morgan fingerprint density at radius 2 is 2.05 bits per heavy atom. The molecule has 5 heteroatoms. The summed E-state index contributed by atoms with van der Waals surface area (Å²) in [5.74, 6) is 0.645. The lowest BCUT2D eigenvalue weighted by Crippen LogP contribution is -2.28. The highest BCUT2D eigenvalue weighted by molar-refractivity contribution is 5.96. The minimum Gasteiger partial charge on any atom is -0.326 e. The normalized spacial score (nSPS) is 25.4. The van der Waals surface area contributed by atoms with Gasteiger partial charge in [-0.05, 0) is 43.1 Å². The van der Waals surface area contributed by atoms with Crippen LogP contribution in [0.15, 0.2) is 24.3 Å². The van der Waals surface area contributed by atoms with Crippen LogP contribution in [-0.4, -0.2) is 31.4 Å². The second-order valence-electron chi connectivity index (χ2n) is 5.93. The van der Waals surface area contributed by atoms with Gasteiger partial charge in [0.05, 0.1) is 5.92 Å². The van der Waals surface area contributed by atoms with Gasteiger partial charge in [0.2, 0.25) is 11.8 Å². The SMILES string of the molecule is CC1CNCC1C(=O)Nc1ccc(N2CCCC2=O)cc1. The van der Waals surface area contributed by atoms with Gasteiger partial charge >= 0.3 is 0 Å². The van der Waals surface area contributed by atoms with Crippen LogP contribution in [0.4, 0.5) is 11.4 Å². The van der Waals surface area contributed by atoms with Gasteiger partial charge in [-0.2, -0.15) is 0 Å². The summed E-state index contributed by atoms with van der Waals surface area (Å²) in [6.07, 6.45) is 1.55. The van der Waals surface area contributed by atoms with E-state index in [-0.39, 0.29) is 17.7 Å². The molecule has 21 heavy (non-hydrogen) atoms. The highest BCUT2D eigenvalue weighted by Crippen LogP contribution is 2.24. The highest BCUT2D eigenvalue weighted by Gasteiger charge is 2.29. The number of hydrogen-bond acceptors (Lipinski definition) is 3. The Hall–Kier alpha value is -1.88. The topological polar surface area (TPSA) is 61.4 Å². The van der Waals surface area contributed by atoms with Crippen molar-refractivity contribution in [3.05, 3.63) is 24.3 Å². The summed E-state index contributed by atoms with van der Waals surface area (Å²) in [5, 5.41) is 6.20. The van der Waals surface area contributed by atoms with Crippen molar-refractivity contribution in [1.29, 1.82) is 0 Å². The third-order valence-corrected chi connectivity index (χ3v) is 4.37. The fraction of sp³-hybridized carbons (Fsp3) is 0.500. The molecule has 2 atom stereocenters. The molecule has 5 nitrogen and oxygen atoms in total. The minimum absolute atomic E-state index is 0.0323. The zero-order valence-electron chi connectivity index (χ0n) is 12.3. The molecular weight excluding hydrogens is 266 g/mol. The predicted molar refractivity (Wildman–Crippen MR) is 82.2 cm³/mol. The Labute approximate surface area is 124 Å². The third kappa shape index (κ3) is 2.93. The maximum atomic E-state index is 12.2. The van der Waals surface area contributed by atoms with Crippen molar-refractivity contribution in [3.8, 4) is 0 Å². The first-order valence-electron chi connectivity index (χ1n) is 7.57. The molecule has 2 saturated heterocycles. The van der Waals surface area contributed by atoms with E-state index >= 15 is 0 Å². The van der Waals surface area contributed by atoms with Crippen molar-refractivity contribution in [2.24, 2.45) is 11.8 Å². The molecule has 2 aliphatic rings. The summed E-state index contributed by atoms with van der Waals surface area (Å²) in [7, 11) is 0. The monoisotopic (exact) mass is 287 g/mol. The van der Waals surface area contributed by atoms with Crippen LogP contribution in [0, 0.1) is 11.8 Å². The number of carbonyl (C=O) groups excluding carboxylic acids is 2. The van der Waals surface area contributed by atoms with Gasteiger partial charge in [-0.25, -0.2) is 0 Å². The van der Waals surface area contributed by atoms with Crippen molar-refractivity contribution < 1.29 is 9.59 Å². The molecular formula is C16H21N3O2. The van der Waals surface area contributed by atoms with E-state index in [2.05, 4.69) is 17.6 Å². The van der Waals surface area contributed by atoms with Gasteiger partial charge in [0, 0.05) is 30.9 Å². The molecule has 2 unspecified atom stereocenters. The first kappa shape index (κ1) is 14.1. The number of anilines is 2. The Kier molecular flexibility index (Phi) is 3.92. The van der Waals surface area contributed by atoms with E-state index in [1.165, 1.54) is 0 Å². The summed E-state index contributed by atoms with van der Waals surface area (Å²) in [6, 6.07) is 7.53. The minimum atomic E-state index is 0.0323. The summed E-state index contributed by atoms with van der Waals surface area (Å²) in [6.45, 7) is 4.52. The van der Waals surface area contributed by atoms with Crippen LogP contribution >= 0.6 is 0 Å². The van der Waals surface area contributed by atoms with Crippen LogP contribution in [0.5, 0.6) is 0 Å². The Morgan fingerprint density at radius 3 is 2.62 bits per heavy atom. The lowest BCUT2D eigenvalue weighted by atomic mass is 9.97. The van der Waals surface area contributed by atoms with Gasteiger partial charge in [-0.15, -0.1) is 0 Å². The van der Waals surface area contributed by atoms with Gasteiger partial charge in [0.15, 0.2) is 0 Å². The molecule has 0 radical (unpaired) electrons. The second-order valence-corrected chi connectivity index (χ2v) is 5.93. The third-order valence-electron chi connectivity index (χ3n) is 4.37. The van der Waals surface area contributed by atoms with Crippen LogP contribution in [-0.2, 0) is 9.59 Å². The number of carbonyl (C=O) groups is 2. The van der Waals surface area contributed by atoms with Crippen LogP contribution in [0.2, 0.25) is 0 Å². The molecule has 3 rings (SSSR count). The van der Waals surface area contributed by atoms with Crippen molar-refractivity contribution in [2.45, 2.75) is 19.8 Å². The van der Waals surface area contributed by atoms with E-state index in [1.807, 2.05) is 24.3 Å². The van der Waals surface area contributed by atoms with Crippen LogP contribution in [0.3, 0.4) is 0 Å². The smallest absolute Gasteiger partial charge is 0.229 e. The molecule has 1 aromatic carbocycles. The van der Waals surface area contributed by atoms with Crippen LogP contribution in [0.25, 0.3) is 0 Å². The Morgan fingerprint density at radius 1 is 1.29 bits per heavy atom. The first-order valence-corrected chi connectivity index (χ1v) is 7.57. The molecule has 2 amide bonds. The van der Waals surface area contributed by atoms with E-state index in [0.717, 1.165) is 37.4 Å². The van der Waals surface area contributed by atoms with Gasteiger partial charge in [-0.1, -0.05) is 6.92 Å². The molecule has 2 N–H and O–H groups in total. The standard InChI is InChI=1S/C16H21N3O2/c1-11-9-17-10-14(11)16(21)18-12-4-6-13(7-5-12)19-8-2-3-15(19)20/h4-7,11,14,17H,2-3,8-10H2,1H3,(H,18,21). The molecule has 112 valence electrons. The molecule has 0 aromatic heterocycles. The van der Waals surface area contributed by atoms with Crippen molar-refractivity contribution in [3.63, 3.8) is 0 Å². The number of amides is 2. The van der Waals surface area contributed by atoms with E-state index in [4.69, 9.17) is 0 Å². The molecule has 0 spiro atoms. The summed E-state index contributed by atoms with van der Waals surface area (Å²) < 4.78 is 0. The van der Waals surface area contributed by atoms with Crippen molar-refractivity contribution >= 4 is 23.2 Å². The number of rotatable bonds is 3. The number of nitrogens with one attached hydrogen (secondary N) is 2. The largest absolute Gasteiger partial charge is 0.326 e. The van der Waals surface area contributed by atoms with E-state index in [1.54, 1.807) is 4.90 Å². The van der Waals surface area contributed by atoms with Crippen molar-refractivity contribution in [2.75, 3.05) is 29.9 Å². The van der Waals surface area contributed by atoms with Gasteiger partial charge < -0.3 is 15.5 Å². The summed E-state index contributed by atoms with van der Waals surface area (Å²) >= 11 is 0. The Balaban J connectivity index is 1.64. The maximum Gasteiger partial charge on any atom is 0.229 e. The molecule has 0 saturated carbocycles. The summed E-state index contributed by atoms with van der Waals surface area (Å²) in [4.78, 5) is 25.7. The van der Waals surface area contributed by atoms with Crippen molar-refractivity contribution in [1.82, 2.24) is 5.32 Å². The number of hydrogen-bond donors (Lipinski definition) is 2. The maximum absolute atomic E-state index is 12.2. The second kappa shape index (κ2) is 5.85. The summed E-state index contributed by atoms with van der Waals surface area (Å²) in [5.41, 5.74) is 1.70. The average molecular weight is 287 g/mol. The zero-order chi connectivity index (χ0) is 14.8. The van der Waals surface area contributed by atoms with Crippen LogP contribution < -0.4 is 15.5 Å². The van der Waals surface area contributed by atoms with Gasteiger partial charge in [0.25, 0.3) is 0 Å². The molecule has 2 aliphatic heterocycles. The van der Waals surface area contributed by atoms with Gasteiger partial charge in [0.1, 0.15) is 0 Å². The lowest BCUT2D eigenvalue weighted by Gasteiger charge is -2.17. The molecule has 0 aliphatic carbocycles. The average Bonchev–Trinajstić information content (AvgIpc) is 3.08. The van der Waals surface area contributed by atoms with E-state index < -0.39 is 0 Å². The molecule has 1 aromatic rings. The lowest BCUT2D eigenvalue weighted by molar-refractivity contribution is -0.120. The Bertz CT molecular complexity index is 541. The predicted octanol–water partition coefficient (Wildman–Crippen LogP) is 1.61. The van der Waals surface area contributed by atoms with Crippen LogP contribution in [0.1, 0.15) is 19.8 Å². The van der Waals surface area contributed by atoms with E-state index in [0.29, 0.717) is 12.3 Å². The molecule has 2 fully saturated rings. The number of benzene rings is 1. The fourth-order valence-electron chi connectivity index (χ4n) is 3.04. The molecule has 2 heterocycles. The first-order chi connectivity index (χ1) is 10.1. The number of nitrogens with zero attached hydrogens (tertiary/aromatic N) is 1.